The molecule has 0 saturated heterocycles. The molecule has 1 atom stereocenters. The van der Waals surface area contributed by atoms with Gasteiger partial charge in [-0.05, 0) is 28.8 Å². The molecule has 5 heteroatoms. The molecule has 26 heavy (non-hydrogen) atoms. The molecular formula is C21H15F3O2. The molecule has 3 aromatic carbocycles. The van der Waals surface area contributed by atoms with E-state index in [2.05, 4.69) is 0 Å². The van der Waals surface area contributed by atoms with Crippen molar-refractivity contribution in [2.45, 2.75) is 18.4 Å². The summed E-state index contributed by atoms with van der Waals surface area (Å²) >= 11 is 0. The molecule has 0 aromatic heterocycles. The Hall–Kier alpha value is -2.79. The van der Waals surface area contributed by atoms with Crippen molar-refractivity contribution in [3.8, 4) is 16.9 Å². The van der Waals surface area contributed by atoms with Gasteiger partial charge < -0.3 is 9.84 Å². The largest absolute Gasteiger partial charge is 0.489 e. The summed E-state index contributed by atoms with van der Waals surface area (Å²) in [6.45, 7) is 0.233. The molecule has 2 nitrogen and oxygen atoms in total. The lowest BCUT2D eigenvalue weighted by Gasteiger charge is -2.28. The van der Waals surface area contributed by atoms with E-state index in [0.29, 0.717) is 11.1 Å². The highest BCUT2D eigenvalue weighted by atomic mass is 19.4. The molecule has 1 aliphatic rings. The first-order valence-corrected chi connectivity index (χ1v) is 8.11. The molecule has 0 amide bonds. The van der Waals surface area contributed by atoms with Gasteiger partial charge in [0.1, 0.15) is 12.4 Å². The van der Waals surface area contributed by atoms with Gasteiger partial charge in [-0.25, -0.2) is 0 Å². The molecule has 0 heterocycles. The molecule has 0 unspecified atom stereocenters. The number of hydrogen-bond acceptors (Lipinski definition) is 2. The Morgan fingerprint density at radius 2 is 1.46 bits per heavy atom. The molecule has 4 rings (SSSR count). The maximum atomic E-state index is 13.8. The summed E-state index contributed by atoms with van der Waals surface area (Å²) in [6, 6.07) is 19.9. The Morgan fingerprint density at radius 3 is 2.19 bits per heavy atom. The number of alkyl halides is 3. The molecule has 0 bridgehead atoms. The van der Waals surface area contributed by atoms with Gasteiger partial charge in [-0.15, -0.1) is 0 Å². The fraction of sp³-hybridized carbons (Fsp3) is 0.143. The van der Waals surface area contributed by atoms with Crippen LogP contribution in [0.2, 0.25) is 0 Å². The van der Waals surface area contributed by atoms with Crippen molar-refractivity contribution in [2.24, 2.45) is 0 Å². The number of aliphatic hydroxyl groups is 1. The Balaban J connectivity index is 1.75. The third kappa shape index (κ3) is 2.47. The van der Waals surface area contributed by atoms with Crippen LogP contribution in [0.5, 0.6) is 5.75 Å². The third-order valence-corrected chi connectivity index (χ3v) is 4.65. The Kier molecular flexibility index (Phi) is 3.77. The molecule has 3 aromatic rings. The van der Waals surface area contributed by atoms with Crippen LogP contribution in [0, 0.1) is 0 Å². The lowest BCUT2D eigenvalue weighted by atomic mass is 9.90. The predicted octanol–water partition coefficient (Wildman–Crippen LogP) is 5.04. The van der Waals surface area contributed by atoms with E-state index in [0.717, 1.165) is 5.56 Å². The van der Waals surface area contributed by atoms with E-state index >= 15 is 0 Å². The van der Waals surface area contributed by atoms with Crippen molar-refractivity contribution >= 4 is 0 Å². The Bertz CT molecular complexity index is 951. The highest BCUT2D eigenvalue weighted by Gasteiger charge is 2.60. The standard InChI is InChI=1S/C21H15F3O2/c22-21(23,24)20(25)18-9-5-4-8-16(18)17-11-10-15(12-19(17)20)26-13-14-6-2-1-3-7-14/h1-12,25H,13H2/t20-/m1/s1. The topological polar surface area (TPSA) is 29.5 Å². The highest BCUT2D eigenvalue weighted by molar-refractivity contribution is 5.81. The number of fused-ring (bicyclic) bond motifs is 3. The molecular weight excluding hydrogens is 341 g/mol. The van der Waals surface area contributed by atoms with Crippen LogP contribution < -0.4 is 4.74 Å². The van der Waals surface area contributed by atoms with Gasteiger partial charge in [-0.2, -0.15) is 13.2 Å². The predicted molar refractivity (Wildman–Crippen MR) is 91.7 cm³/mol. The second-order valence-electron chi connectivity index (χ2n) is 6.24. The van der Waals surface area contributed by atoms with Gasteiger partial charge in [-0.1, -0.05) is 60.7 Å². The monoisotopic (exact) mass is 356 g/mol. The fourth-order valence-electron chi connectivity index (χ4n) is 3.37. The van der Waals surface area contributed by atoms with Gasteiger partial charge in [0.15, 0.2) is 0 Å². The number of benzene rings is 3. The zero-order valence-electron chi connectivity index (χ0n) is 13.6. The quantitative estimate of drug-likeness (QED) is 0.712. The summed E-state index contributed by atoms with van der Waals surface area (Å²) in [5, 5.41) is 10.7. The normalized spacial score (nSPS) is 18.3. The van der Waals surface area contributed by atoms with Crippen LogP contribution in [0.3, 0.4) is 0 Å². The van der Waals surface area contributed by atoms with Crippen molar-refractivity contribution in [3.63, 3.8) is 0 Å². The van der Waals surface area contributed by atoms with Gasteiger partial charge in [-0.3, -0.25) is 0 Å². The zero-order valence-corrected chi connectivity index (χ0v) is 13.6. The first-order chi connectivity index (χ1) is 12.4. The first-order valence-electron chi connectivity index (χ1n) is 8.11. The lowest BCUT2D eigenvalue weighted by molar-refractivity contribution is -0.246. The first kappa shape index (κ1) is 16.7. The van der Waals surface area contributed by atoms with Crippen molar-refractivity contribution in [1.82, 2.24) is 0 Å². The summed E-state index contributed by atoms with van der Waals surface area (Å²) < 4.78 is 47.0. The Morgan fingerprint density at radius 1 is 0.808 bits per heavy atom. The minimum absolute atomic E-state index is 0.150. The molecule has 1 aliphatic carbocycles. The lowest BCUT2D eigenvalue weighted by Crippen LogP contribution is -2.41. The van der Waals surface area contributed by atoms with E-state index in [-0.39, 0.29) is 23.5 Å². The molecule has 0 spiro atoms. The summed E-state index contributed by atoms with van der Waals surface area (Å²) in [5.41, 5.74) is -1.73. The highest BCUT2D eigenvalue weighted by Crippen LogP contribution is 2.55. The fourth-order valence-corrected chi connectivity index (χ4v) is 3.37. The zero-order chi connectivity index (χ0) is 18.4. The minimum Gasteiger partial charge on any atom is -0.489 e. The van der Waals surface area contributed by atoms with Crippen LogP contribution in [-0.4, -0.2) is 11.3 Å². The van der Waals surface area contributed by atoms with Crippen LogP contribution in [-0.2, 0) is 12.2 Å². The van der Waals surface area contributed by atoms with Crippen molar-refractivity contribution in [2.75, 3.05) is 0 Å². The second-order valence-corrected chi connectivity index (χ2v) is 6.24. The minimum atomic E-state index is -4.84. The van der Waals surface area contributed by atoms with E-state index in [1.807, 2.05) is 30.3 Å². The SMILES string of the molecule is O[C@]1(C(F)(F)F)c2ccccc2-c2ccc(OCc3ccccc3)cc21. The summed E-state index contributed by atoms with van der Waals surface area (Å²) in [5.74, 6) is 0.281. The maximum Gasteiger partial charge on any atom is 0.425 e. The molecule has 1 N–H and O–H groups in total. The molecule has 132 valence electrons. The van der Waals surface area contributed by atoms with E-state index in [9.17, 15) is 18.3 Å². The van der Waals surface area contributed by atoms with Crippen molar-refractivity contribution in [3.05, 3.63) is 89.5 Å². The number of halogens is 3. The Labute approximate surface area is 148 Å². The molecule has 0 radical (unpaired) electrons. The van der Waals surface area contributed by atoms with Crippen LogP contribution in [0.4, 0.5) is 13.2 Å². The molecule has 0 saturated carbocycles. The average molecular weight is 356 g/mol. The number of ether oxygens (including phenoxy) is 1. The van der Waals surface area contributed by atoms with Gasteiger partial charge >= 0.3 is 6.18 Å². The van der Waals surface area contributed by atoms with Gasteiger partial charge in [0.25, 0.3) is 0 Å². The summed E-state index contributed by atoms with van der Waals surface area (Å²) in [6.07, 6.45) is -4.84. The van der Waals surface area contributed by atoms with Crippen LogP contribution >= 0.6 is 0 Å². The van der Waals surface area contributed by atoms with E-state index in [1.54, 1.807) is 24.3 Å². The number of hydrogen-bond donors (Lipinski definition) is 1. The van der Waals surface area contributed by atoms with Gasteiger partial charge in [0.2, 0.25) is 5.60 Å². The number of rotatable bonds is 3. The van der Waals surface area contributed by atoms with Gasteiger partial charge in [0, 0.05) is 11.1 Å². The van der Waals surface area contributed by atoms with Crippen molar-refractivity contribution in [1.29, 1.82) is 0 Å². The van der Waals surface area contributed by atoms with Crippen LogP contribution in [0.25, 0.3) is 11.1 Å². The van der Waals surface area contributed by atoms with Gasteiger partial charge in [0.05, 0.1) is 0 Å². The van der Waals surface area contributed by atoms with E-state index in [4.69, 9.17) is 4.74 Å². The molecule has 0 fully saturated rings. The van der Waals surface area contributed by atoms with Crippen LogP contribution in [0.15, 0.2) is 72.8 Å². The maximum absolute atomic E-state index is 13.8. The smallest absolute Gasteiger partial charge is 0.425 e. The van der Waals surface area contributed by atoms with Crippen LogP contribution in [0.1, 0.15) is 16.7 Å². The summed E-state index contributed by atoms with van der Waals surface area (Å²) in [4.78, 5) is 0. The molecule has 0 aliphatic heterocycles. The average Bonchev–Trinajstić information content (AvgIpc) is 2.91. The second kappa shape index (κ2) is 5.88. The van der Waals surface area contributed by atoms with E-state index in [1.165, 1.54) is 18.2 Å². The third-order valence-electron chi connectivity index (χ3n) is 4.65. The van der Waals surface area contributed by atoms with E-state index < -0.39 is 11.8 Å². The van der Waals surface area contributed by atoms with Crippen molar-refractivity contribution < 1.29 is 23.0 Å². The summed E-state index contributed by atoms with van der Waals surface area (Å²) in [7, 11) is 0.